The number of nitrogens with one attached hydrogen (secondary N) is 1. The zero-order chi connectivity index (χ0) is 18.8. The van der Waals surface area contributed by atoms with Crippen molar-refractivity contribution in [2.75, 3.05) is 12.4 Å². The molecule has 1 heterocycles. The molecule has 1 aromatic heterocycles. The molecule has 0 bridgehead atoms. The van der Waals surface area contributed by atoms with Gasteiger partial charge in [-0.3, -0.25) is 14.9 Å². The minimum Gasteiger partial charge on any atom is -0.465 e. The molecule has 1 N–H and O–H groups in total. The maximum absolute atomic E-state index is 11.5. The zero-order valence-electron chi connectivity index (χ0n) is 13.8. The first-order valence-corrected chi connectivity index (χ1v) is 7.44. The topological polar surface area (TPSA) is 125 Å². The van der Waals surface area contributed by atoms with Crippen LogP contribution in [0.15, 0.2) is 40.8 Å². The average Bonchev–Trinajstić information content (AvgIpc) is 3.02. The maximum atomic E-state index is 11.5. The number of hydrogen-bond acceptors (Lipinski definition) is 7. The summed E-state index contributed by atoms with van der Waals surface area (Å²) in [5.74, 6) is -0.676. The Balaban J connectivity index is 2.04. The molecule has 0 fully saturated rings. The molecule has 0 aliphatic carbocycles. The van der Waals surface area contributed by atoms with Crippen molar-refractivity contribution in [2.45, 2.75) is 6.92 Å². The van der Waals surface area contributed by atoms with Crippen LogP contribution in [0, 0.1) is 10.1 Å². The van der Waals surface area contributed by atoms with Gasteiger partial charge in [0.2, 0.25) is 11.8 Å². The number of methoxy groups -OCH3 is 1. The molecule has 0 spiro atoms. The fourth-order valence-electron chi connectivity index (χ4n) is 2.39. The molecule has 0 saturated carbocycles. The highest BCUT2D eigenvalue weighted by atomic mass is 16.6. The Labute approximate surface area is 146 Å². The van der Waals surface area contributed by atoms with Crippen molar-refractivity contribution in [1.29, 1.82) is 0 Å². The summed E-state index contributed by atoms with van der Waals surface area (Å²) in [6.07, 6.45) is 0. The van der Waals surface area contributed by atoms with E-state index in [1.807, 2.05) is 0 Å². The summed E-state index contributed by atoms with van der Waals surface area (Å²) in [6.45, 7) is 1.25. The molecule has 3 aromatic rings. The predicted molar refractivity (Wildman–Crippen MR) is 91.7 cm³/mol. The molecular weight excluding hydrogens is 342 g/mol. The van der Waals surface area contributed by atoms with Crippen molar-refractivity contribution in [3.8, 4) is 11.5 Å². The van der Waals surface area contributed by atoms with Crippen LogP contribution in [0.5, 0.6) is 0 Å². The Kier molecular flexibility index (Phi) is 4.36. The van der Waals surface area contributed by atoms with Gasteiger partial charge >= 0.3 is 5.97 Å². The van der Waals surface area contributed by atoms with E-state index in [9.17, 15) is 19.7 Å². The van der Waals surface area contributed by atoms with E-state index in [-0.39, 0.29) is 22.8 Å². The van der Waals surface area contributed by atoms with Crippen LogP contribution in [0.1, 0.15) is 17.3 Å². The van der Waals surface area contributed by atoms with E-state index in [4.69, 9.17) is 4.42 Å². The van der Waals surface area contributed by atoms with E-state index >= 15 is 0 Å². The number of anilines is 1. The second-order valence-electron chi connectivity index (χ2n) is 5.36. The minimum atomic E-state index is -0.613. The molecule has 0 radical (unpaired) electrons. The molecule has 0 atom stereocenters. The standard InChI is InChI=1S/C17H13N3O6/c1-9(21)18-12-7-13-15(8-14(12)20(23)24)26-16(19-13)10-3-5-11(6-4-10)17(22)25-2/h3-8H,1-2H3,(H,18,21). The number of nitro groups is 1. The van der Waals surface area contributed by atoms with E-state index in [0.717, 1.165) is 0 Å². The third-order valence-corrected chi connectivity index (χ3v) is 3.57. The van der Waals surface area contributed by atoms with Crippen molar-refractivity contribution in [1.82, 2.24) is 4.98 Å². The molecule has 132 valence electrons. The average molecular weight is 355 g/mol. The number of nitro benzene ring substituents is 1. The molecule has 0 unspecified atom stereocenters. The molecule has 9 nitrogen and oxygen atoms in total. The Morgan fingerprint density at radius 1 is 1.23 bits per heavy atom. The van der Waals surface area contributed by atoms with Gasteiger partial charge in [-0.05, 0) is 30.3 Å². The van der Waals surface area contributed by atoms with Crippen molar-refractivity contribution in [3.05, 3.63) is 52.1 Å². The summed E-state index contributed by atoms with van der Waals surface area (Å²) in [5.41, 5.74) is 1.25. The van der Waals surface area contributed by atoms with Gasteiger partial charge in [0, 0.05) is 12.5 Å². The first kappa shape index (κ1) is 17.1. The van der Waals surface area contributed by atoms with Crippen LogP contribution in [-0.2, 0) is 9.53 Å². The first-order chi connectivity index (χ1) is 12.4. The maximum Gasteiger partial charge on any atom is 0.337 e. The third kappa shape index (κ3) is 3.22. The van der Waals surface area contributed by atoms with Crippen molar-refractivity contribution >= 4 is 34.4 Å². The summed E-state index contributed by atoms with van der Waals surface area (Å²) in [6, 6.07) is 8.95. The number of aromatic nitrogens is 1. The van der Waals surface area contributed by atoms with Crippen molar-refractivity contribution in [3.63, 3.8) is 0 Å². The van der Waals surface area contributed by atoms with Gasteiger partial charge in [-0.25, -0.2) is 9.78 Å². The lowest BCUT2D eigenvalue weighted by atomic mass is 10.1. The van der Waals surface area contributed by atoms with Crippen LogP contribution in [-0.4, -0.2) is 28.9 Å². The van der Waals surface area contributed by atoms with Crippen LogP contribution >= 0.6 is 0 Å². The van der Waals surface area contributed by atoms with E-state index in [1.165, 1.54) is 26.2 Å². The monoisotopic (exact) mass is 355 g/mol. The summed E-state index contributed by atoms with van der Waals surface area (Å²) in [5, 5.41) is 13.6. The Morgan fingerprint density at radius 2 is 1.92 bits per heavy atom. The van der Waals surface area contributed by atoms with Gasteiger partial charge in [0.15, 0.2) is 5.58 Å². The molecule has 26 heavy (non-hydrogen) atoms. The van der Waals surface area contributed by atoms with Crippen LogP contribution in [0.4, 0.5) is 11.4 Å². The van der Waals surface area contributed by atoms with Gasteiger partial charge < -0.3 is 14.5 Å². The fraction of sp³-hybridized carbons (Fsp3) is 0.118. The van der Waals surface area contributed by atoms with E-state index in [0.29, 0.717) is 16.6 Å². The van der Waals surface area contributed by atoms with Gasteiger partial charge in [-0.1, -0.05) is 0 Å². The lowest BCUT2D eigenvalue weighted by molar-refractivity contribution is -0.383. The number of benzene rings is 2. The molecule has 0 saturated heterocycles. The number of fused-ring (bicyclic) bond motifs is 1. The largest absolute Gasteiger partial charge is 0.465 e. The number of carbonyl (C=O) groups is 2. The Hall–Kier alpha value is -3.75. The number of nitrogens with zero attached hydrogens (tertiary/aromatic N) is 2. The number of rotatable bonds is 4. The lowest BCUT2D eigenvalue weighted by Gasteiger charge is -2.02. The van der Waals surface area contributed by atoms with E-state index in [2.05, 4.69) is 15.0 Å². The quantitative estimate of drug-likeness (QED) is 0.433. The zero-order valence-corrected chi connectivity index (χ0v) is 13.8. The highest BCUT2D eigenvalue weighted by Crippen LogP contribution is 2.33. The summed E-state index contributed by atoms with van der Waals surface area (Å²) in [4.78, 5) is 37.6. The summed E-state index contributed by atoms with van der Waals surface area (Å²) in [7, 11) is 1.29. The molecule has 1 amide bonds. The van der Waals surface area contributed by atoms with Crippen molar-refractivity contribution in [2.24, 2.45) is 0 Å². The second-order valence-corrected chi connectivity index (χ2v) is 5.36. The van der Waals surface area contributed by atoms with Crippen LogP contribution in [0.25, 0.3) is 22.6 Å². The molecule has 3 rings (SSSR count). The van der Waals surface area contributed by atoms with Crippen molar-refractivity contribution < 1.29 is 23.7 Å². The normalized spacial score (nSPS) is 10.5. The van der Waals surface area contributed by atoms with Gasteiger partial charge in [-0.15, -0.1) is 0 Å². The summed E-state index contributed by atoms with van der Waals surface area (Å²) >= 11 is 0. The highest BCUT2D eigenvalue weighted by molar-refractivity contribution is 5.95. The molecule has 2 aromatic carbocycles. The van der Waals surface area contributed by atoms with Gasteiger partial charge in [0.25, 0.3) is 5.69 Å². The fourth-order valence-corrected chi connectivity index (χ4v) is 2.39. The van der Waals surface area contributed by atoms with Gasteiger partial charge in [0.05, 0.1) is 23.7 Å². The molecule has 0 aliphatic rings. The van der Waals surface area contributed by atoms with E-state index in [1.54, 1.807) is 24.3 Å². The third-order valence-electron chi connectivity index (χ3n) is 3.57. The lowest BCUT2D eigenvalue weighted by Crippen LogP contribution is -2.07. The Morgan fingerprint density at radius 3 is 2.50 bits per heavy atom. The Bertz CT molecular complexity index is 1020. The predicted octanol–water partition coefficient (Wildman–Crippen LogP) is 3.15. The van der Waals surface area contributed by atoms with E-state index < -0.39 is 16.8 Å². The number of ether oxygens (including phenoxy) is 1. The number of hydrogen-bond donors (Lipinski definition) is 1. The molecular formula is C17H13N3O6. The number of amides is 1. The molecule has 0 aliphatic heterocycles. The first-order valence-electron chi connectivity index (χ1n) is 7.44. The molecule has 9 heteroatoms. The number of oxazole rings is 1. The number of esters is 1. The van der Waals surface area contributed by atoms with Crippen LogP contribution < -0.4 is 5.32 Å². The van der Waals surface area contributed by atoms with Crippen LogP contribution in [0.2, 0.25) is 0 Å². The number of carbonyl (C=O) groups excluding carboxylic acids is 2. The second kappa shape index (κ2) is 6.63. The minimum absolute atomic E-state index is 0.0379. The smallest absolute Gasteiger partial charge is 0.337 e. The summed E-state index contributed by atoms with van der Waals surface area (Å²) < 4.78 is 10.2. The SMILES string of the molecule is COC(=O)c1ccc(-c2nc3cc(NC(C)=O)c([N+](=O)[O-])cc3o2)cc1. The van der Waals surface area contributed by atoms with Gasteiger partial charge in [-0.2, -0.15) is 0 Å². The van der Waals surface area contributed by atoms with Crippen LogP contribution in [0.3, 0.4) is 0 Å². The van der Waals surface area contributed by atoms with Gasteiger partial charge in [0.1, 0.15) is 11.2 Å². The highest BCUT2D eigenvalue weighted by Gasteiger charge is 2.20.